The van der Waals surface area contributed by atoms with Gasteiger partial charge in [0.05, 0.1) is 12.6 Å². The van der Waals surface area contributed by atoms with Gasteiger partial charge in [0.1, 0.15) is 5.82 Å². The number of rotatable bonds is 6. The fraction of sp³-hybridized carbons (Fsp3) is 0.538. The Morgan fingerprint density at radius 1 is 1.44 bits per heavy atom. The van der Waals surface area contributed by atoms with E-state index in [1.807, 2.05) is 13.1 Å². The van der Waals surface area contributed by atoms with Crippen molar-refractivity contribution in [1.82, 2.24) is 5.32 Å². The van der Waals surface area contributed by atoms with E-state index in [4.69, 9.17) is 4.74 Å². The van der Waals surface area contributed by atoms with E-state index in [1.54, 1.807) is 19.1 Å². The first kappa shape index (κ1) is 13.1. The van der Waals surface area contributed by atoms with Crippen molar-refractivity contribution >= 4 is 0 Å². The van der Waals surface area contributed by atoms with Crippen molar-refractivity contribution < 1.29 is 9.13 Å². The van der Waals surface area contributed by atoms with Crippen LogP contribution in [0.5, 0.6) is 0 Å². The average Bonchev–Trinajstić information content (AvgIpc) is 2.29. The molecule has 16 heavy (non-hydrogen) atoms. The minimum Gasteiger partial charge on any atom is -0.379 e. The fourth-order valence-corrected chi connectivity index (χ4v) is 1.61. The summed E-state index contributed by atoms with van der Waals surface area (Å²) in [6.45, 7) is 5.05. The van der Waals surface area contributed by atoms with Crippen LogP contribution in [0, 0.1) is 12.7 Å². The van der Waals surface area contributed by atoms with Gasteiger partial charge >= 0.3 is 0 Å². The molecule has 3 heteroatoms. The third-order valence-electron chi connectivity index (χ3n) is 2.58. The van der Waals surface area contributed by atoms with Crippen molar-refractivity contribution in [2.45, 2.75) is 26.3 Å². The highest BCUT2D eigenvalue weighted by Crippen LogP contribution is 2.19. The number of aryl methyl sites for hydroxylation is 1. The molecule has 0 aliphatic carbocycles. The summed E-state index contributed by atoms with van der Waals surface area (Å²) in [7, 11) is 1.82. The van der Waals surface area contributed by atoms with E-state index in [2.05, 4.69) is 12.2 Å². The molecule has 0 amide bonds. The number of likely N-dealkylation sites (N-methyl/N-ethyl adjacent to an activating group) is 1. The van der Waals surface area contributed by atoms with Gasteiger partial charge in [-0.3, -0.25) is 0 Å². The van der Waals surface area contributed by atoms with Crippen molar-refractivity contribution in [2.24, 2.45) is 0 Å². The van der Waals surface area contributed by atoms with Gasteiger partial charge < -0.3 is 10.1 Å². The zero-order valence-electron chi connectivity index (χ0n) is 10.2. The average molecular weight is 225 g/mol. The van der Waals surface area contributed by atoms with Crippen LogP contribution < -0.4 is 5.32 Å². The van der Waals surface area contributed by atoms with Crippen molar-refractivity contribution in [3.05, 3.63) is 35.1 Å². The lowest BCUT2D eigenvalue weighted by Crippen LogP contribution is -2.23. The lowest BCUT2D eigenvalue weighted by atomic mass is 10.0. The van der Waals surface area contributed by atoms with Gasteiger partial charge in [0, 0.05) is 12.2 Å². The van der Waals surface area contributed by atoms with Crippen LogP contribution >= 0.6 is 0 Å². The van der Waals surface area contributed by atoms with Crippen LogP contribution in [0.25, 0.3) is 0 Å². The maximum absolute atomic E-state index is 13.9. The van der Waals surface area contributed by atoms with E-state index in [9.17, 15) is 4.39 Å². The minimum absolute atomic E-state index is 0.0774. The zero-order valence-corrected chi connectivity index (χ0v) is 10.2. The lowest BCUT2D eigenvalue weighted by Gasteiger charge is -2.18. The molecular weight excluding hydrogens is 205 g/mol. The Hall–Kier alpha value is -0.930. The van der Waals surface area contributed by atoms with E-state index in [-0.39, 0.29) is 11.9 Å². The second-order valence-electron chi connectivity index (χ2n) is 3.89. The summed E-state index contributed by atoms with van der Waals surface area (Å²) in [6.07, 6.45) is 0.979. The number of hydrogen-bond donors (Lipinski definition) is 1. The van der Waals surface area contributed by atoms with Gasteiger partial charge in [-0.25, -0.2) is 4.39 Å². The van der Waals surface area contributed by atoms with Gasteiger partial charge in [-0.1, -0.05) is 25.1 Å². The quantitative estimate of drug-likeness (QED) is 0.752. The second kappa shape index (κ2) is 6.61. The van der Waals surface area contributed by atoms with E-state index >= 15 is 0 Å². The van der Waals surface area contributed by atoms with Crippen LogP contribution in [-0.2, 0) is 4.74 Å². The van der Waals surface area contributed by atoms with Crippen LogP contribution in [0.3, 0.4) is 0 Å². The molecule has 0 bridgehead atoms. The Balaban J connectivity index is 2.74. The molecule has 90 valence electrons. The van der Waals surface area contributed by atoms with Gasteiger partial charge in [-0.05, 0) is 26.0 Å². The molecular formula is C13H20FNO. The van der Waals surface area contributed by atoms with Gasteiger partial charge in [-0.15, -0.1) is 0 Å². The fourth-order valence-electron chi connectivity index (χ4n) is 1.61. The molecule has 0 heterocycles. The molecule has 0 aromatic heterocycles. The first-order valence-corrected chi connectivity index (χ1v) is 5.70. The maximum Gasteiger partial charge on any atom is 0.130 e. The summed E-state index contributed by atoms with van der Waals surface area (Å²) in [4.78, 5) is 0. The molecule has 0 aliphatic heterocycles. The highest BCUT2D eigenvalue weighted by atomic mass is 19.1. The largest absolute Gasteiger partial charge is 0.379 e. The molecule has 2 nitrogen and oxygen atoms in total. The lowest BCUT2D eigenvalue weighted by molar-refractivity contribution is 0.113. The molecule has 1 unspecified atom stereocenters. The van der Waals surface area contributed by atoms with Crippen molar-refractivity contribution in [2.75, 3.05) is 20.3 Å². The Morgan fingerprint density at radius 2 is 2.19 bits per heavy atom. The minimum atomic E-state index is -0.137. The van der Waals surface area contributed by atoms with Gasteiger partial charge in [0.2, 0.25) is 0 Å². The van der Waals surface area contributed by atoms with Crippen LogP contribution in [-0.4, -0.2) is 20.3 Å². The SMILES string of the molecule is CCCOCC(NC)c1cccc(C)c1F. The monoisotopic (exact) mass is 225 g/mol. The topological polar surface area (TPSA) is 21.3 Å². The van der Waals surface area contributed by atoms with E-state index in [0.717, 1.165) is 6.42 Å². The normalized spacial score (nSPS) is 12.8. The third-order valence-corrected chi connectivity index (χ3v) is 2.58. The second-order valence-corrected chi connectivity index (χ2v) is 3.89. The number of benzene rings is 1. The summed E-state index contributed by atoms with van der Waals surface area (Å²) in [5, 5.41) is 3.08. The molecule has 1 aromatic rings. The Morgan fingerprint density at radius 3 is 2.81 bits per heavy atom. The zero-order chi connectivity index (χ0) is 12.0. The predicted octanol–water partition coefficient (Wildman–Crippen LogP) is 2.82. The number of halogens is 1. The summed E-state index contributed by atoms with van der Waals surface area (Å²) >= 11 is 0. The van der Waals surface area contributed by atoms with Crippen LogP contribution in [0.2, 0.25) is 0 Å². The standard InChI is InChI=1S/C13H20FNO/c1-4-8-16-9-12(15-3)11-7-5-6-10(2)13(11)14/h5-7,12,15H,4,8-9H2,1-3H3. The molecule has 0 fully saturated rings. The smallest absolute Gasteiger partial charge is 0.130 e. The Bertz CT molecular complexity index is 328. The Labute approximate surface area is 96.8 Å². The van der Waals surface area contributed by atoms with Gasteiger partial charge in [-0.2, -0.15) is 0 Å². The van der Waals surface area contributed by atoms with E-state index in [0.29, 0.717) is 24.3 Å². The molecule has 1 aromatic carbocycles. The molecule has 0 aliphatic rings. The predicted molar refractivity (Wildman–Crippen MR) is 64.0 cm³/mol. The summed E-state index contributed by atoms with van der Waals surface area (Å²) in [6, 6.07) is 5.38. The van der Waals surface area contributed by atoms with E-state index < -0.39 is 0 Å². The van der Waals surface area contributed by atoms with Crippen LogP contribution in [0.4, 0.5) is 4.39 Å². The molecule has 0 spiro atoms. The van der Waals surface area contributed by atoms with Crippen molar-refractivity contribution in [3.63, 3.8) is 0 Å². The number of ether oxygens (including phenoxy) is 1. The Kier molecular flexibility index (Phi) is 5.43. The summed E-state index contributed by atoms with van der Waals surface area (Å²) in [5.74, 6) is -0.137. The van der Waals surface area contributed by atoms with Crippen LogP contribution in [0.1, 0.15) is 30.5 Å². The van der Waals surface area contributed by atoms with Crippen molar-refractivity contribution in [3.8, 4) is 0 Å². The first-order chi connectivity index (χ1) is 7.70. The number of nitrogens with one attached hydrogen (secondary N) is 1. The van der Waals surface area contributed by atoms with E-state index in [1.165, 1.54) is 0 Å². The highest BCUT2D eigenvalue weighted by molar-refractivity contribution is 5.27. The molecule has 1 N–H and O–H groups in total. The van der Waals surface area contributed by atoms with Crippen molar-refractivity contribution in [1.29, 1.82) is 0 Å². The summed E-state index contributed by atoms with van der Waals surface area (Å²) < 4.78 is 19.3. The molecule has 1 atom stereocenters. The maximum atomic E-state index is 13.9. The molecule has 0 saturated heterocycles. The van der Waals surface area contributed by atoms with Gasteiger partial charge in [0.25, 0.3) is 0 Å². The molecule has 0 radical (unpaired) electrons. The van der Waals surface area contributed by atoms with Crippen LogP contribution in [0.15, 0.2) is 18.2 Å². The summed E-state index contributed by atoms with van der Waals surface area (Å²) in [5.41, 5.74) is 1.35. The first-order valence-electron chi connectivity index (χ1n) is 5.70. The highest BCUT2D eigenvalue weighted by Gasteiger charge is 2.14. The number of hydrogen-bond acceptors (Lipinski definition) is 2. The van der Waals surface area contributed by atoms with Gasteiger partial charge in [0.15, 0.2) is 0 Å². The molecule has 1 rings (SSSR count). The molecule has 0 saturated carbocycles. The third kappa shape index (κ3) is 3.29.